The summed E-state index contributed by atoms with van der Waals surface area (Å²) >= 11 is 0. The van der Waals surface area contributed by atoms with Gasteiger partial charge in [0.2, 0.25) is 0 Å². The summed E-state index contributed by atoms with van der Waals surface area (Å²) < 4.78 is 5.10. The van der Waals surface area contributed by atoms with Gasteiger partial charge in [-0.05, 0) is 45.7 Å². The zero-order valence-corrected chi connectivity index (χ0v) is 15.5. The van der Waals surface area contributed by atoms with Crippen molar-refractivity contribution in [1.82, 2.24) is 0 Å². The molecule has 1 aliphatic heterocycles. The highest BCUT2D eigenvalue weighted by Gasteiger charge is 2.42. The van der Waals surface area contributed by atoms with E-state index in [1.165, 1.54) is 26.7 Å². The fourth-order valence-electron chi connectivity index (χ4n) is 3.92. The Balaban J connectivity index is 1.86. The lowest BCUT2D eigenvalue weighted by molar-refractivity contribution is 0.0526. The standard InChI is InChI=1S/C22H20O2Si/c1-3-24-22(23)16-12-14-17(15-13-16)25(2)20-10-6-4-8-18(20)19-9-5-7-11-21(19)25/h4-15H,3H2,1-2H3. The first-order valence-corrected chi connectivity index (χ1v) is 11.1. The molecule has 0 atom stereocenters. The molecule has 3 heteroatoms. The molecule has 0 aliphatic carbocycles. The predicted molar refractivity (Wildman–Crippen MR) is 105 cm³/mol. The van der Waals surface area contributed by atoms with Gasteiger partial charge in [-0.1, -0.05) is 67.2 Å². The molecule has 0 spiro atoms. The Hall–Kier alpha value is -2.65. The lowest BCUT2D eigenvalue weighted by atomic mass is 10.1. The molecule has 0 radical (unpaired) electrons. The lowest BCUT2D eigenvalue weighted by Gasteiger charge is -2.25. The topological polar surface area (TPSA) is 26.3 Å². The van der Waals surface area contributed by atoms with E-state index < -0.39 is 8.07 Å². The van der Waals surface area contributed by atoms with Gasteiger partial charge in [-0.25, -0.2) is 4.79 Å². The molecule has 0 N–H and O–H groups in total. The number of carbonyl (C=O) groups is 1. The van der Waals surface area contributed by atoms with E-state index in [-0.39, 0.29) is 5.97 Å². The maximum absolute atomic E-state index is 11.9. The van der Waals surface area contributed by atoms with Gasteiger partial charge in [-0.15, -0.1) is 0 Å². The van der Waals surface area contributed by atoms with Crippen LogP contribution in [0.3, 0.4) is 0 Å². The molecule has 0 unspecified atom stereocenters. The number of ether oxygens (including phenoxy) is 1. The van der Waals surface area contributed by atoms with Gasteiger partial charge in [0.25, 0.3) is 0 Å². The third kappa shape index (κ3) is 2.35. The average molecular weight is 344 g/mol. The minimum Gasteiger partial charge on any atom is -0.462 e. The van der Waals surface area contributed by atoms with Crippen molar-refractivity contribution in [2.24, 2.45) is 0 Å². The maximum Gasteiger partial charge on any atom is 0.338 e. The van der Waals surface area contributed by atoms with Gasteiger partial charge in [0, 0.05) is 0 Å². The fraction of sp³-hybridized carbons (Fsp3) is 0.136. The normalized spacial score (nSPS) is 13.8. The molecule has 0 amide bonds. The van der Waals surface area contributed by atoms with Crippen LogP contribution >= 0.6 is 0 Å². The van der Waals surface area contributed by atoms with Crippen LogP contribution < -0.4 is 15.6 Å². The van der Waals surface area contributed by atoms with E-state index in [4.69, 9.17) is 4.74 Å². The zero-order chi connectivity index (χ0) is 17.4. The van der Waals surface area contributed by atoms with Crippen molar-refractivity contribution in [3.05, 3.63) is 78.4 Å². The van der Waals surface area contributed by atoms with E-state index in [0.717, 1.165) is 0 Å². The second-order valence-electron chi connectivity index (χ2n) is 6.51. The van der Waals surface area contributed by atoms with Crippen molar-refractivity contribution in [2.75, 3.05) is 6.61 Å². The van der Waals surface area contributed by atoms with E-state index in [2.05, 4.69) is 67.2 Å². The number of hydrogen-bond donors (Lipinski definition) is 0. The number of rotatable bonds is 3. The van der Waals surface area contributed by atoms with Gasteiger partial charge in [-0.3, -0.25) is 0 Å². The SMILES string of the molecule is CCOC(=O)c1ccc([Si]2(C)c3ccccc3-c3ccccc32)cc1. The number of hydrogen-bond acceptors (Lipinski definition) is 2. The van der Waals surface area contributed by atoms with E-state index in [1.54, 1.807) is 0 Å². The van der Waals surface area contributed by atoms with Crippen LogP contribution in [0, 0.1) is 0 Å². The molecule has 4 rings (SSSR count). The van der Waals surface area contributed by atoms with E-state index in [1.807, 2.05) is 19.1 Å². The van der Waals surface area contributed by atoms with E-state index >= 15 is 0 Å². The number of esters is 1. The number of carbonyl (C=O) groups excluding carboxylic acids is 1. The smallest absolute Gasteiger partial charge is 0.338 e. The summed E-state index contributed by atoms with van der Waals surface area (Å²) in [6, 6.07) is 25.5. The summed E-state index contributed by atoms with van der Waals surface area (Å²) in [7, 11) is -2.03. The second-order valence-corrected chi connectivity index (χ2v) is 10.4. The molecule has 0 saturated carbocycles. The van der Waals surface area contributed by atoms with Gasteiger partial charge >= 0.3 is 5.97 Å². The molecule has 25 heavy (non-hydrogen) atoms. The highest BCUT2D eigenvalue weighted by atomic mass is 28.3. The van der Waals surface area contributed by atoms with Gasteiger partial charge in [-0.2, -0.15) is 0 Å². The average Bonchev–Trinajstić information content (AvgIpc) is 2.93. The van der Waals surface area contributed by atoms with Crippen LogP contribution in [0.4, 0.5) is 0 Å². The summed E-state index contributed by atoms with van der Waals surface area (Å²) in [5, 5.41) is 4.21. The third-order valence-corrected chi connectivity index (χ3v) is 9.71. The van der Waals surface area contributed by atoms with Crippen molar-refractivity contribution >= 4 is 29.6 Å². The predicted octanol–water partition coefficient (Wildman–Crippen LogP) is 2.94. The van der Waals surface area contributed by atoms with Crippen LogP contribution in [-0.4, -0.2) is 20.7 Å². The van der Waals surface area contributed by atoms with Crippen LogP contribution in [0.5, 0.6) is 0 Å². The molecule has 3 aromatic rings. The van der Waals surface area contributed by atoms with Crippen LogP contribution in [0.15, 0.2) is 72.8 Å². The van der Waals surface area contributed by atoms with Crippen molar-refractivity contribution in [2.45, 2.75) is 13.5 Å². The quantitative estimate of drug-likeness (QED) is 0.539. The third-order valence-electron chi connectivity index (χ3n) is 5.20. The van der Waals surface area contributed by atoms with Crippen molar-refractivity contribution in [1.29, 1.82) is 0 Å². The summed E-state index contributed by atoms with van der Waals surface area (Å²) in [5.41, 5.74) is 3.31. The molecule has 0 aromatic heterocycles. The monoisotopic (exact) mass is 344 g/mol. The molecule has 1 aliphatic rings. The Bertz CT molecular complexity index is 899. The minimum atomic E-state index is -2.03. The Morgan fingerprint density at radius 2 is 1.36 bits per heavy atom. The van der Waals surface area contributed by atoms with Crippen molar-refractivity contribution in [3.8, 4) is 11.1 Å². The lowest BCUT2D eigenvalue weighted by Crippen LogP contribution is -2.62. The van der Waals surface area contributed by atoms with Gasteiger partial charge in [0.05, 0.1) is 12.2 Å². The van der Waals surface area contributed by atoms with Gasteiger partial charge in [0.15, 0.2) is 0 Å². The molecule has 0 saturated heterocycles. The molecular formula is C22H20O2Si. The Morgan fingerprint density at radius 3 is 1.88 bits per heavy atom. The molecule has 0 fully saturated rings. The molecule has 1 heterocycles. The van der Waals surface area contributed by atoms with Gasteiger partial charge < -0.3 is 4.74 Å². The first-order valence-electron chi connectivity index (χ1n) is 8.63. The molecule has 2 nitrogen and oxygen atoms in total. The Kier molecular flexibility index (Phi) is 3.81. The highest BCUT2D eigenvalue weighted by Crippen LogP contribution is 2.27. The fourth-order valence-corrected chi connectivity index (χ4v) is 8.04. The second kappa shape index (κ2) is 6.01. The summed E-state index contributed by atoms with van der Waals surface area (Å²) in [4.78, 5) is 11.9. The summed E-state index contributed by atoms with van der Waals surface area (Å²) in [6.07, 6.45) is 0. The first kappa shape index (κ1) is 15.9. The number of benzene rings is 3. The van der Waals surface area contributed by atoms with Crippen LogP contribution in [0.2, 0.25) is 6.55 Å². The van der Waals surface area contributed by atoms with Crippen LogP contribution in [0.1, 0.15) is 17.3 Å². The Labute approximate surface area is 149 Å². The van der Waals surface area contributed by atoms with Crippen molar-refractivity contribution < 1.29 is 9.53 Å². The van der Waals surface area contributed by atoms with Crippen LogP contribution in [0.25, 0.3) is 11.1 Å². The zero-order valence-electron chi connectivity index (χ0n) is 14.5. The Morgan fingerprint density at radius 1 is 0.840 bits per heavy atom. The maximum atomic E-state index is 11.9. The van der Waals surface area contributed by atoms with Crippen LogP contribution in [-0.2, 0) is 4.74 Å². The first-order chi connectivity index (χ1) is 12.2. The summed E-state index contributed by atoms with van der Waals surface area (Å²) in [6.45, 7) is 4.62. The molecule has 3 aromatic carbocycles. The largest absolute Gasteiger partial charge is 0.462 e. The molecule has 124 valence electrons. The number of fused-ring (bicyclic) bond motifs is 3. The van der Waals surface area contributed by atoms with Gasteiger partial charge in [0.1, 0.15) is 8.07 Å². The molecular weight excluding hydrogens is 324 g/mol. The van der Waals surface area contributed by atoms with Crippen molar-refractivity contribution in [3.63, 3.8) is 0 Å². The highest BCUT2D eigenvalue weighted by molar-refractivity contribution is 7.13. The summed E-state index contributed by atoms with van der Waals surface area (Å²) in [5.74, 6) is -0.256. The van der Waals surface area contributed by atoms with E-state index in [9.17, 15) is 4.79 Å². The van der Waals surface area contributed by atoms with E-state index in [0.29, 0.717) is 12.2 Å². The molecule has 0 bridgehead atoms. The minimum absolute atomic E-state index is 0.256.